The van der Waals surface area contributed by atoms with E-state index >= 15 is 0 Å². The molecule has 0 N–H and O–H groups in total. The molecule has 0 radical (unpaired) electrons. The average molecular weight is 400 g/mol. The van der Waals surface area contributed by atoms with Crippen LogP contribution >= 0.6 is 0 Å². The summed E-state index contributed by atoms with van der Waals surface area (Å²) >= 11 is 0. The van der Waals surface area contributed by atoms with Crippen LogP contribution in [0.5, 0.6) is 11.5 Å². The lowest BCUT2D eigenvalue weighted by molar-refractivity contribution is -0.136. The second kappa shape index (κ2) is 11.9. The Morgan fingerprint density at radius 2 is 1.24 bits per heavy atom. The molecule has 6 nitrogen and oxygen atoms in total. The molecular weight excluding hydrogens is 372 g/mol. The minimum atomic E-state index is -0.352. The van der Waals surface area contributed by atoms with Crippen molar-refractivity contribution in [1.82, 2.24) is 0 Å². The summed E-state index contributed by atoms with van der Waals surface area (Å²) in [5, 5.41) is 0. The Labute approximate surface area is 172 Å². The van der Waals surface area contributed by atoms with Gasteiger partial charge in [0.15, 0.2) is 13.6 Å². The van der Waals surface area contributed by atoms with E-state index in [-0.39, 0.29) is 19.6 Å². The molecule has 0 spiro atoms. The average Bonchev–Trinajstić information content (AvgIpc) is 2.75. The van der Waals surface area contributed by atoms with E-state index in [2.05, 4.69) is 0 Å². The SMILES string of the molecule is CCOC(=O)C(=C(CC)c1ccc(OCOC)cc1)c1ccc(OCOC)cc1. The number of allylic oxidation sites excluding steroid dienone is 1. The number of ether oxygens (including phenoxy) is 5. The van der Waals surface area contributed by atoms with Crippen molar-refractivity contribution in [2.75, 3.05) is 34.4 Å². The van der Waals surface area contributed by atoms with Crippen LogP contribution in [0.25, 0.3) is 11.1 Å². The number of methoxy groups -OCH3 is 2. The maximum Gasteiger partial charge on any atom is 0.339 e. The van der Waals surface area contributed by atoms with Gasteiger partial charge in [-0.15, -0.1) is 0 Å². The normalized spacial score (nSPS) is 11.6. The van der Waals surface area contributed by atoms with Gasteiger partial charge in [-0.05, 0) is 54.3 Å². The van der Waals surface area contributed by atoms with Crippen LogP contribution in [-0.4, -0.2) is 40.4 Å². The van der Waals surface area contributed by atoms with Gasteiger partial charge in [-0.1, -0.05) is 31.2 Å². The highest BCUT2D eigenvalue weighted by Crippen LogP contribution is 2.32. The van der Waals surface area contributed by atoms with Gasteiger partial charge in [0, 0.05) is 14.2 Å². The van der Waals surface area contributed by atoms with Gasteiger partial charge >= 0.3 is 5.97 Å². The maximum absolute atomic E-state index is 12.8. The van der Waals surface area contributed by atoms with Crippen molar-refractivity contribution in [3.05, 3.63) is 59.7 Å². The largest absolute Gasteiger partial charge is 0.468 e. The topological polar surface area (TPSA) is 63.2 Å². The number of rotatable bonds is 11. The standard InChI is InChI=1S/C23H28O6/c1-5-21(17-7-11-19(12-8-17)28-15-25-3)22(23(24)27-6-2)18-9-13-20(14-10-18)29-16-26-4/h7-14H,5-6,15-16H2,1-4H3. The van der Waals surface area contributed by atoms with Gasteiger partial charge in [-0.25, -0.2) is 4.79 Å². The molecule has 2 rings (SSSR count). The molecule has 0 atom stereocenters. The van der Waals surface area contributed by atoms with E-state index in [1.54, 1.807) is 21.1 Å². The van der Waals surface area contributed by atoms with Crippen molar-refractivity contribution >= 4 is 17.1 Å². The van der Waals surface area contributed by atoms with Gasteiger partial charge in [0.1, 0.15) is 11.5 Å². The molecule has 0 bridgehead atoms. The summed E-state index contributed by atoms with van der Waals surface area (Å²) < 4.78 is 26.1. The second-order valence-electron chi connectivity index (χ2n) is 6.08. The fourth-order valence-electron chi connectivity index (χ4n) is 2.87. The van der Waals surface area contributed by atoms with Crippen molar-refractivity contribution in [3.63, 3.8) is 0 Å². The summed E-state index contributed by atoms with van der Waals surface area (Å²) in [7, 11) is 3.14. The number of carbonyl (C=O) groups is 1. The second-order valence-corrected chi connectivity index (χ2v) is 6.08. The molecule has 0 aromatic heterocycles. The molecule has 156 valence electrons. The zero-order chi connectivity index (χ0) is 21.1. The van der Waals surface area contributed by atoms with Gasteiger partial charge in [-0.2, -0.15) is 0 Å². The molecule has 0 aliphatic heterocycles. The maximum atomic E-state index is 12.8. The van der Waals surface area contributed by atoms with E-state index in [0.29, 0.717) is 30.1 Å². The summed E-state index contributed by atoms with van der Waals surface area (Å²) in [6.45, 7) is 4.46. The lowest BCUT2D eigenvalue weighted by atomic mass is 9.92. The van der Waals surface area contributed by atoms with E-state index in [0.717, 1.165) is 16.7 Å². The minimum Gasteiger partial charge on any atom is -0.468 e. The summed E-state index contributed by atoms with van der Waals surface area (Å²) in [6.07, 6.45) is 0.661. The first-order valence-corrected chi connectivity index (χ1v) is 9.49. The van der Waals surface area contributed by atoms with Crippen LogP contribution in [0.4, 0.5) is 0 Å². The molecule has 0 fully saturated rings. The molecular formula is C23H28O6. The Balaban J connectivity index is 2.44. The predicted octanol–water partition coefficient (Wildman–Crippen LogP) is 4.54. The number of carbonyl (C=O) groups excluding carboxylic acids is 1. The highest BCUT2D eigenvalue weighted by Gasteiger charge is 2.19. The highest BCUT2D eigenvalue weighted by atomic mass is 16.7. The number of esters is 1. The first kappa shape index (κ1) is 22.5. The predicted molar refractivity (Wildman–Crippen MR) is 112 cm³/mol. The highest BCUT2D eigenvalue weighted by molar-refractivity contribution is 6.24. The number of benzene rings is 2. The Kier molecular flexibility index (Phi) is 9.21. The number of hydrogen-bond donors (Lipinski definition) is 0. The van der Waals surface area contributed by atoms with Crippen LogP contribution in [0, 0.1) is 0 Å². The Morgan fingerprint density at radius 1 is 0.759 bits per heavy atom. The lowest BCUT2D eigenvalue weighted by Crippen LogP contribution is -2.09. The third-order valence-electron chi connectivity index (χ3n) is 4.17. The van der Waals surface area contributed by atoms with Crippen molar-refractivity contribution < 1.29 is 28.5 Å². The summed E-state index contributed by atoms with van der Waals surface area (Å²) in [5.74, 6) is 1.01. The molecule has 2 aromatic carbocycles. The van der Waals surface area contributed by atoms with Crippen LogP contribution in [0.3, 0.4) is 0 Å². The monoisotopic (exact) mass is 400 g/mol. The molecule has 6 heteroatoms. The van der Waals surface area contributed by atoms with Crippen molar-refractivity contribution in [1.29, 1.82) is 0 Å². The minimum absolute atomic E-state index is 0.164. The molecule has 0 aliphatic rings. The van der Waals surface area contributed by atoms with Crippen LogP contribution in [0.15, 0.2) is 48.5 Å². The van der Waals surface area contributed by atoms with E-state index in [9.17, 15) is 4.79 Å². The van der Waals surface area contributed by atoms with Crippen molar-refractivity contribution in [3.8, 4) is 11.5 Å². The van der Waals surface area contributed by atoms with E-state index in [1.807, 2.05) is 55.5 Å². The quantitative estimate of drug-likeness (QED) is 0.239. The molecule has 29 heavy (non-hydrogen) atoms. The van der Waals surface area contributed by atoms with Gasteiger partial charge < -0.3 is 23.7 Å². The fourth-order valence-corrected chi connectivity index (χ4v) is 2.87. The zero-order valence-electron chi connectivity index (χ0n) is 17.4. The summed E-state index contributed by atoms with van der Waals surface area (Å²) in [6, 6.07) is 14.9. The van der Waals surface area contributed by atoms with E-state index in [1.165, 1.54) is 0 Å². The summed E-state index contributed by atoms with van der Waals surface area (Å²) in [5.41, 5.74) is 3.13. The molecule has 0 aliphatic carbocycles. The third-order valence-corrected chi connectivity index (χ3v) is 4.17. The Hall–Kier alpha value is -2.83. The first-order valence-electron chi connectivity index (χ1n) is 9.49. The zero-order valence-corrected chi connectivity index (χ0v) is 17.4. The molecule has 0 unspecified atom stereocenters. The van der Waals surface area contributed by atoms with Crippen LogP contribution in [-0.2, 0) is 19.0 Å². The smallest absolute Gasteiger partial charge is 0.339 e. The van der Waals surface area contributed by atoms with Crippen molar-refractivity contribution in [2.45, 2.75) is 20.3 Å². The van der Waals surface area contributed by atoms with Gasteiger partial charge in [-0.3, -0.25) is 0 Å². The van der Waals surface area contributed by atoms with Crippen LogP contribution in [0.2, 0.25) is 0 Å². The molecule has 2 aromatic rings. The molecule has 0 saturated heterocycles. The van der Waals surface area contributed by atoms with Crippen LogP contribution < -0.4 is 9.47 Å². The first-order chi connectivity index (χ1) is 14.1. The van der Waals surface area contributed by atoms with Crippen LogP contribution in [0.1, 0.15) is 31.4 Å². The van der Waals surface area contributed by atoms with E-state index in [4.69, 9.17) is 23.7 Å². The van der Waals surface area contributed by atoms with E-state index < -0.39 is 0 Å². The third kappa shape index (κ3) is 6.34. The Bertz CT molecular complexity index is 793. The number of hydrogen-bond acceptors (Lipinski definition) is 6. The molecule has 0 amide bonds. The van der Waals surface area contributed by atoms with Gasteiger partial charge in [0.25, 0.3) is 0 Å². The lowest BCUT2D eigenvalue weighted by Gasteiger charge is -2.15. The molecule has 0 heterocycles. The van der Waals surface area contributed by atoms with Crippen molar-refractivity contribution in [2.24, 2.45) is 0 Å². The van der Waals surface area contributed by atoms with Gasteiger partial charge in [0.05, 0.1) is 12.2 Å². The van der Waals surface area contributed by atoms with Gasteiger partial charge in [0.2, 0.25) is 0 Å². The summed E-state index contributed by atoms with van der Waals surface area (Å²) in [4.78, 5) is 12.8. The Morgan fingerprint density at radius 3 is 1.66 bits per heavy atom. The molecule has 0 saturated carbocycles. The fraction of sp³-hybridized carbons (Fsp3) is 0.348.